The number of aliphatic hydroxyl groups is 1. The van der Waals surface area contributed by atoms with E-state index >= 15 is 0 Å². The zero-order valence-corrected chi connectivity index (χ0v) is 9.72. The van der Waals surface area contributed by atoms with E-state index in [4.69, 9.17) is 4.74 Å². The Morgan fingerprint density at radius 1 is 1.29 bits per heavy atom. The van der Waals surface area contributed by atoms with E-state index in [0.29, 0.717) is 0 Å². The highest BCUT2D eigenvalue weighted by molar-refractivity contribution is 7.87. The summed E-state index contributed by atoms with van der Waals surface area (Å²) in [7, 11) is -3.67. The Balaban J connectivity index is 1.89. The van der Waals surface area contributed by atoms with Crippen LogP contribution in [0.1, 0.15) is 5.56 Å². The molecule has 0 saturated heterocycles. The molecule has 0 atom stereocenters. The van der Waals surface area contributed by atoms with E-state index in [1.54, 1.807) is 0 Å². The quantitative estimate of drug-likeness (QED) is 0.829. The van der Waals surface area contributed by atoms with E-state index in [1.165, 1.54) is 0 Å². The maximum atomic E-state index is 11.3. The van der Waals surface area contributed by atoms with E-state index in [0.717, 1.165) is 16.1 Å². The van der Waals surface area contributed by atoms with Crippen LogP contribution >= 0.6 is 0 Å². The molecule has 1 aliphatic heterocycles. The summed E-state index contributed by atoms with van der Waals surface area (Å²) in [4.78, 5) is 0. The van der Waals surface area contributed by atoms with Gasteiger partial charge in [0.2, 0.25) is 5.88 Å². The van der Waals surface area contributed by atoms with E-state index in [-0.39, 0.29) is 19.2 Å². The molecule has 0 aromatic heterocycles. The number of nitrogens with zero attached hydrogens (tertiary/aromatic N) is 1. The van der Waals surface area contributed by atoms with E-state index in [9.17, 15) is 13.5 Å². The largest absolute Gasteiger partial charge is 0.493 e. The van der Waals surface area contributed by atoms with Gasteiger partial charge in [0.1, 0.15) is 6.73 Å². The maximum absolute atomic E-state index is 11.3. The van der Waals surface area contributed by atoms with E-state index in [1.807, 2.05) is 30.3 Å². The van der Waals surface area contributed by atoms with Gasteiger partial charge in [-0.2, -0.15) is 12.7 Å². The molecule has 0 fully saturated rings. The number of hydrogen-bond donors (Lipinski definition) is 2. The smallest absolute Gasteiger partial charge is 0.328 e. The third kappa shape index (κ3) is 2.69. The van der Waals surface area contributed by atoms with Gasteiger partial charge in [-0.15, -0.1) is 0 Å². The molecule has 0 radical (unpaired) electrons. The maximum Gasteiger partial charge on any atom is 0.328 e. The summed E-state index contributed by atoms with van der Waals surface area (Å²) in [6.45, 7) is 0.0483. The molecule has 0 amide bonds. The first-order chi connectivity index (χ1) is 8.09. The third-order valence-electron chi connectivity index (χ3n) is 2.20. The first kappa shape index (κ1) is 11.7. The number of hydrogen-bond acceptors (Lipinski definition) is 4. The molecular formula is C10H12N2O4S. The minimum Gasteiger partial charge on any atom is -0.493 e. The van der Waals surface area contributed by atoms with Gasteiger partial charge in [0.15, 0.2) is 0 Å². The molecule has 0 aliphatic carbocycles. The van der Waals surface area contributed by atoms with Crippen LogP contribution in [0.5, 0.6) is 0 Å². The van der Waals surface area contributed by atoms with Crippen LogP contribution in [0.2, 0.25) is 0 Å². The summed E-state index contributed by atoms with van der Waals surface area (Å²) in [5.41, 5.74) is 0.931. The molecule has 0 unspecified atom stereocenters. The fourth-order valence-corrected chi connectivity index (χ4v) is 2.24. The molecule has 92 valence electrons. The van der Waals surface area contributed by atoms with Crippen molar-refractivity contribution in [3.05, 3.63) is 48.0 Å². The lowest BCUT2D eigenvalue weighted by Crippen LogP contribution is -2.32. The fraction of sp³-hybridized carbons (Fsp3) is 0.200. The summed E-state index contributed by atoms with van der Waals surface area (Å²) in [6, 6.07) is 9.35. The van der Waals surface area contributed by atoms with Crippen LogP contribution in [0.4, 0.5) is 0 Å². The average Bonchev–Trinajstić information content (AvgIpc) is 2.57. The average molecular weight is 256 g/mol. The van der Waals surface area contributed by atoms with Gasteiger partial charge in [0.05, 0.1) is 12.8 Å². The van der Waals surface area contributed by atoms with Crippen molar-refractivity contribution in [2.75, 3.05) is 6.73 Å². The monoisotopic (exact) mass is 256 g/mol. The topological polar surface area (TPSA) is 78.9 Å². The second-order valence-electron chi connectivity index (χ2n) is 3.44. The summed E-state index contributed by atoms with van der Waals surface area (Å²) >= 11 is 0. The van der Waals surface area contributed by atoms with Crippen LogP contribution in [0.15, 0.2) is 42.4 Å². The first-order valence-electron chi connectivity index (χ1n) is 4.90. The van der Waals surface area contributed by atoms with Crippen molar-refractivity contribution >= 4 is 10.2 Å². The van der Waals surface area contributed by atoms with Gasteiger partial charge in [-0.3, -0.25) is 4.72 Å². The molecular weight excluding hydrogens is 244 g/mol. The SMILES string of the molecule is O=S1(=O)NC=C(O)N1COCc1ccccc1. The molecule has 7 heteroatoms. The Hall–Kier alpha value is -1.73. The van der Waals surface area contributed by atoms with Gasteiger partial charge >= 0.3 is 10.2 Å². The number of rotatable bonds is 4. The molecule has 1 aliphatic rings. The van der Waals surface area contributed by atoms with Crippen molar-refractivity contribution < 1.29 is 18.3 Å². The molecule has 0 saturated carbocycles. The van der Waals surface area contributed by atoms with Gasteiger partial charge in [-0.25, -0.2) is 0 Å². The Morgan fingerprint density at radius 2 is 2.00 bits per heavy atom. The predicted octanol–water partition coefficient (Wildman–Crippen LogP) is 0.668. The second kappa shape index (κ2) is 4.64. The number of nitrogens with one attached hydrogen (secondary N) is 1. The third-order valence-corrected chi connectivity index (χ3v) is 3.49. The van der Waals surface area contributed by atoms with Gasteiger partial charge < -0.3 is 9.84 Å². The van der Waals surface area contributed by atoms with Crippen molar-refractivity contribution in [3.63, 3.8) is 0 Å². The minimum absolute atomic E-state index is 0.230. The number of ether oxygens (including phenoxy) is 1. The van der Waals surface area contributed by atoms with Gasteiger partial charge in [0.25, 0.3) is 0 Å². The van der Waals surface area contributed by atoms with Crippen molar-refractivity contribution in [1.82, 2.24) is 9.03 Å². The second-order valence-corrected chi connectivity index (χ2v) is 5.06. The normalized spacial score (nSPS) is 17.6. The summed E-state index contributed by atoms with van der Waals surface area (Å²) in [6.07, 6.45) is 1.00. The molecule has 6 nitrogen and oxygen atoms in total. The molecule has 1 aromatic carbocycles. The van der Waals surface area contributed by atoms with Crippen molar-refractivity contribution in [3.8, 4) is 0 Å². The molecule has 1 aromatic rings. The van der Waals surface area contributed by atoms with Crippen molar-refractivity contribution in [2.45, 2.75) is 6.61 Å². The van der Waals surface area contributed by atoms with Crippen LogP contribution < -0.4 is 4.72 Å². The van der Waals surface area contributed by atoms with Crippen LogP contribution in [0, 0.1) is 0 Å². The van der Waals surface area contributed by atoms with Gasteiger partial charge in [0, 0.05) is 0 Å². The highest BCUT2D eigenvalue weighted by Crippen LogP contribution is 2.13. The Bertz CT molecular complexity index is 512. The van der Waals surface area contributed by atoms with Crippen molar-refractivity contribution in [2.24, 2.45) is 0 Å². The number of benzene rings is 1. The Labute approximate surface area is 99.3 Å². The Morgan fingerprint density at radius 3 is 2.59 bits per heavy atom. The first-order valence-corrected chi connectivity index (χ1v) is 6.34. The van der Waals surface area contributed by atoms with Crippen LogP contribution in [-0.4, -0.2) is 24.6 Å². The summed E-state index contributed by atoms with van der Waals surface area (Å²) in [5.74, 6) is -0.377. The summed E-state index contributed by atoms with van der Waals surface area (Å²) < 4.78 is 30.7. The summed E-state index contributed by atoms with van der Waals surface area (Å²) in [5, 5.41) is 9.29. The van der Waals surface area contributed by atoms with Crippen LogP contribution in [-0.2, 0) is 21.6 Å². The molecule has 0 bridgehead atoms. The predicted molar refractivity (Wildman–Crippen MR) is 60.7 cm³/mol. The number of aliphatic hydroxyl groups excluding tert-OH is 1. The Kier molecular flexibility index (Phi) is 3.21. The molecule has 0 spiro atoms. The zero-order valence-electron chi connectivity index (χ0n) is 8.91. The molecule has 1 heterocycles. The fourth-order valence-electron chi connectivity index (χ4n) is 1.34. The molecule has 2 rings (SSSR count). The lowest BCUT2D eigenvalue weighted by molar-refractivity contribution is 0.0556. The zero-order chi connectivity index (χ0) is 12.3. The van der Waals surface area contributed by atoms with Crippen molar-refractivity contribution in [1.29, 1.82) is 0 Å². The lowest BCUT2D eigenvalue weighted by Gasteiger charge is -2.16. The van der Waals surface area contributed by atoms with E-state index < -0.39 is 10.2 Å². The highest BCUT2D eigenvalue weighted by atomic mass is 32.2. The molecule has 2 N–H and O–H groups in total. The van der Waals surface area contributed by atoms with Gasteiger partial charge in [-0.1, -0.05) is 30.3 Å². The van der Waals surface area contributed by atoms with Crippen LogP contribution in [0.3, 0.4) is 0 Å². The minimum atomic E-state index is -3.67. The van der Waals surface area contributed by atoms with E-state index in [2.05, 4.69) is 4.72 Å². The highest BCUT2D eigenvalue weighted by Gasteiger charge is 2.29. The standard InChI is InChI=1S/C10H12N2O4S/c13-10-6-11-17(14,15)12(10)8-16-7-9-4-2-1-3-5-9/h1-6,11,13H,7-8H2. The van der Waals surface area contributed by atoms with Gasteiger partial charge in [-0.05, 0) is 5.56 Å². The van der Waals surface area contributed by atoms with Crippen LogP contribution in [0.25, 0.3) is 0 Å². The lowest BCUT2D eigenvalue weighted by atomic mass is 10.2. The molecule has 17 heavy (non-hydrogen) atoms.